The van der Waals surface area contributed by atoms with Gasteiger partial charge in [-0.2, -0.15) is 4.37 Å². The number of aryl methyl sites for hydroxylation is 2. The molecule has 3 heterocycles. The molecule has 3 amide bonds. The van der Waals surface area contributed by atoms with Crippen molar-refractivity contribution in [3.8, 4) is 0 Å². The Morgan fingerprint density at radius 2 is 2.09 bits per heavy atom. The number of thiophene rings is 1. The first kappa shape index (κ1) is 24.8. The van der Waals surface area contributed by atoms with E-state index in [2.05, 4.69) is 9.69 Å². The van der Waals surface area contributed by atoms with E-state index < -0.39 is 17.9 Å². The number of amides is 3. The van der Waals surface area contributed by atoms with E-state index >= 15 is 0 Å². The summed E-state index contributed by atoms with van der Waals surface area (Å²) in [5.74, 6) is -1.69. The number of hydrogen-bond donors (Lipinski definition) is 3. The number of nitrogens with zero attached hydrogens (tertiary/aromatic N) is 2. The highest BCUT2D eigenvalue weighted by atomic mass is 32.1. The molecular formula is C24H27N5O4S2. The summed E-state index contributed by atoms with van der Waals surface area (Å²) < 4.78 is 9.64. The molecule has 0 radical (unpaired) electrons. The standard InChI is InChI=1S/C24H27N5O4S2/c1-13-7-8-14(2)16(11-13)29(24(32)21-18(25)19(22(26)30)28-35-21)20(17-6-4-10-34-17)23(31)27-12-15-5-3-9-33-15/h4,6-8,10-11,15,20H,3,5,9,12,25H2,1-2H3,(H2,26,30)(H,27,31)/t15-,20+/m0/s1. The van der Waals surface area contributed by atoms with E-state index in [-0.39, 0.29) is 28.3 Å². The third-order valence-electron chi connectivity index (χ3n) is 5.85. The molecule has 2 atom stereocenters. The lowest BCUT2D eigenvalue weighted by molar-refractivity contribution is -0.122. The number of carbonyl (C=O) groups is 3. The molecule has 0 aliphatic carbocycles. The number of aromatic nitrogens is 1. The molecule has 11 heteroatoms. The highest BCUT2D eigenvalue weighted by Gasteiger charge is 2.37. The highest BCUT2D eigenvalue weighted by molar-refractivity contribution is 7.10. The molecule has 1 saturated heterocycles. The largest absolute Gasteiger partial charge is 0.395 e. The van der Waals surface area contributed by atoms with Gasteiger partial charge in [0.25, 0.3) is 11.8 Å². The van der Waals surface area contributed by atoms with Gasteiger partial charge in [-0.3, -0.25) is 19.3 Å². The fourth-order valence-electron chi connectivity index (χ4n) is 4.02. The minimum absolute atomic E-state index is 0.0492. The summed E-state index contributed by atoms with van der Waals surface area (Å²) in [6, 6.07) is 8.36. The fraction of sp³-hybridized carbons (Fsp3) is 0.333. The van der Waals surface area contributed by atoms with Gasteiger partial charge in [0.1, 0.15) is 4.88 Å². The van der Waals surface area contributed by atoms with E-state index in [1.165, 1.54) is 16.2 Å². The predicted octanol–water partition coefficient (Wildman–Crippen LogP) is 3.19. The van der Waals surface area contributed by atoms with Crippen LogP contribution >= 0.6 is 22.9 Å². The molecule has 4 rings (SSSR count). The Morgan fingerprint density at radius 1 is 1.29 bits per heavy atom. The second-order valence-electron chi connectivity index (χ2n) is 8.40. The number of carbonyl (C=O) groups excluding carboxylic acids is 3. The lowest BCUT2D eigenvalue weighted by atomic mass is 10.1. The second kappa shape index (κ2) is 10.5. The maximum Gasteiger partial charge on any atom is 0.273 e. The minimum Gasteiger partial charge on any atom is -0.395 e. The first-order chi connectivity index (χ1) is 16.8. The van der Waals surface area contributed by atoms with Gasteiger partial charge in [0.05, 0.1) is 11.8 Å². The number of anilines is 2. The Hall–Kier alpha value is -3.28. The maximum atomic E-state index is 14.0. The number of nitrogens with two attached hydrogens (primary N) is 2. The monoisotopic (exact) mass is 513 g/mol. The topological polar surface area (TPSA) is 141 Å². The SMILES string of the molecule is Cc1ccc(C)c(N(C(=O)c2snc(C(N)=O)c2N)[C@@H](C(=O)NC[C@@H]2CCCO2)c2cccs2)c1. The fourth-order valence-corrected chi connectivity index (χ4v) is 5.58. The number of nitrogen functional groups attached to an aromatic ring is 1. The number of hydrogen-bond acceptors (Lipinski definition) is 8. The van der Waals surface area contributed by atoms with Crippen molar-refractivity contribution in [1.82, 2.24) is 9.69 Å². The zero-order valence-electron chi connectivity index (χ0n) is 19.4. The molecule has 0 unspecified atom stereocenters. The summed E-state index contributed by atoms with van der Waals surface area (Å²) in [4.78, 5) is 41.6. The first-order valence-electron chi connectivity index (χ1n) is 11.2. The van der Waals surface area contributed by atoms with Gasteiger partial charge in [-0.15, -0.1) is 11.3 Å². The quantitative estimate of drug-likeness (QED) is 0.422. The molecule has 184 valence electrons. The van der Waals surface area contributed by atoms with Crippen molar-refractivity contribution in [2.75, 3.05) is 23.8 Å². The van der Waals surface area contributed by atoms with Crippen molar-refractivity contribution in [2.45, 2.75) is 38.8 Å². The zero-order valence-corrected chi connectivity index (χ0v) is 21.1. The molecule has 1 aromatic carbocycles. The van der Waals surface area contributed by atoms with Crippen LogP contribution in [-0.2, 0) is 9.53 Å². The van der Waals surface area contributed by atoms with Gasteiger partial charge in [-0.25, -0.2) is 0 Å². The number of primary amides is 1. The highest BCUT2D eigenvalue weighted by Crippen LogP contribution is 2.36. The number of rotatable bonds is 8. The molecule has 0 saturated carbocycles. The summed E-state index contributed by atoms with van der Waals surface area (Å²) in [6.45, 7) is 4.81. The number of nitrogens with one attached hydrogen (secondary N) is 1. The molecule has 1 fully saturated rings. The van der Waals surface area contributed by atoms with Crippen molar-refractivity contribution >= 4 is 52.0 Å². The summed E-state index contributed by atoms with van der Waals surface area (Å²) in [5, 5.41) is 4.83. The van der Waals surface area contributed by atoms with Crippen molar-refractivity contribution < 1.29 is 19.1 Å². The van der Waals surface area contributed by atoms with Crippen LogP contribution in [0.1, 0.15) is 55.0 Å². The molecular weight excluding hydrogens is 486 g/mol. The molecule has 1 aliphatic rings. The minimum atomic E-state index is -0.970. The lowest BCUT2D eigenvalue weighted by Crippen LogP contribution is -2.45. The zero-order chi connectivity index (χ0) is 25.1. The Morgan fingerprint density at radius 3 is 2.71 bits per heavy atom. The Balaban J connectivity index is 1.80. The van der Waals surface area contributed by atoms with E-state index in [4.69, 9.17) is 16.2 Å². The summed E-state index contributed by atoms with van der Waals surface area (Å²) >= 11 is 2.16. The third-order valence-corrected chi connectivity index (χ3v) is 7.62. The average Bonchev–Trinajstić information content (AvgIpc) is 3.59. The lowest BCUT2D eigenvalue weighted by Gasteiger charge is -2.32. The maximum absolute atomic E-state index is 14.0. The number of benzene rings is 1. The summed E-state index contributed by atoms with van der Waals surface area (Å²) in [5.41, 5.74) is 13.5. The van der Waals surface area contributed by atoms with Crippen molar-refractivity contribution in [3.05, 3.63) is 62.3 Å². The molecule has 0 spiro atoms. The van der Waals surface area contributed by atoms with Crippen LogP contribution in [0.2, 0.25) is 0 Å². The van der Waals surface area contributed by atoms with Crippen LogP contribution in [0, 0.1) is 13.8 Å². The Bertz CT molecular complexity index is 1230. The molecule has 9 nitrogen and oxygen atoms in total. The molecule has 3 aromatic rings. The van der Waals surface area contributed by atoms with E-state index in [9.17, 15) is 14.4 Å². The van der Waals surface area contributed by atoms with Crippen LogP contribution in [0.5, 0.6) is 0 Å². The van der Waals surface area contributed by atoms with E-state index in [0.29, 0.717) is 23.7 Å². The van der Waals surface area contributed by atoms with Crippen molar-refractivity contribution in [1.29, 1.82) is 0 Å². The third kappa shape index (κ3) is 5.21. The van der Waals surface area contributed by atoms with Crippen molar-refractivity contribution in [2.24, 2.45) is 5.73 Å². The van der Waals surface area contributed by atoms with Crippen LogP contribution in [-0.4, -0.2) is 41.4 Å². The van der Waals surface area contributed by atoms with Gasteiger partial charge in [-0.1, -0.05) is 18.2 Å². The van der Waals surface area contributed by atoms with Gasteiger partial charge < -0.3 is 21.5 Å². The Labute approximate surface area is 211 Å². The average molecular weight is 514 g/mol. The van der Waals surface area contributed by atoms with Crippen LogP contribution in [0.4, 0.5) is 11.4 Å². The Kier molecular flexibility index (Phi) is 7.48. The van der Waals surface area contributed by atoms with Gasteiger partial charge in [-0.05, 0) is 66.9 Å². The van der Waals surface area contributed by atoms with E-state index in [1.807, 2.05) is 49.6 Å². The van der Waals surface area contributed by atoms with Crippen LogP contribution in [0.3, 0.4) is 0 Å². The normalized spacial score (nSPS) is 16.1. The molecule has 2 aromatic heterocycles. The van der Waals surface area contributed by atoms with Gasteiger partial charge in [0, 0.05) is 23.7 Å². The summed E-state index contributed by atoms with van der Waals surface area (Å²) in [7, 11) is 0. The molecule has 5 N–H and O–H groups in total. The molecule has 35 heavy (non-hydrogen) atoms. The molecule has 1 aliphatic heterocycles. The first-order valence-corrected chi connectivity index (χ1v) is 12.8. The van der Waals surface area contributed by atoms with Gasteiger partial charge in [0.15, 0.2) is 11.7 Å². The van der Waals surface area contributed by atoms with E-state index in [1.54, 1.807) is 0 Å². The predicted molar refractivity (Wildman–Crippen MR) is 137 cm³/mol. The van der Waals surface area contributed by atoms with E-state index in [0.717, 1.165) is 35.5 Å². The summed E-state index contributed by atoms with van der Waals surface area (Å²) in [6.07, 6.45) is 1.77. The molecule has 0 bridgehead atoms. The second-order valence-corrected chi connectivity index (χ2v) is 10.2. The van der Waals surface area contributed by atoms with Crippen molar-refractivity contribution in [3.63, 3.8) is 0 Å². The van der Waals surface area contributed by atoms with Gasteiger partial charge in [0.2, 0.25) is 5.91 Å². The van der Waals surface area contributed by atoms with Gasteiger partial charge >= 0.3 is 0 Å². The number of ether oxygens (including phenoxy) is 1. The smallest absolute Gasteiger partial charge is 0.273 e. The van der Waals surface area contributed by atoms with Crippen LogP contribution < -0.4 is 21.7 Å². The van der Waals surface area contributed by atoms with Crippen LogP contribution in [0.15, 0.2) is 35.7 Å². The van der Waals surface area contributed by atoms with Crippen LogP contribution in [0.25, 0.3) is 0 Å².